The number of anilines is 1. The molecule has 0 amide bonds. The van der Waals surface area contributed by atoms with E-state index in [4.69, 9.17) is 4.74 Å². The molecule has 1 aliphatic rings. The quantitative estimate of drug-likeness (QED) is 0.835. The van der Waals surface area contributed by atoms with Crippen molar-refractivity contribution in [3.63, 3.8) is 0 Å². The Bertz CT molecular complexity index is 448. The monoisotopic (exact) mass is 237 g/mol. The molecule has 94 valence electrons. The standard InChI is InChI=1S/C12H19N3O2/c1-8(2)10-9(3)13-12(14-11(10)16)15-4-6-17-7-5-15/h8H,4-7H2,1-3H3,(H,13,14,16). The highest BCUT2D eigenvalue weighted by Crippen LogP contribution is 2.15. The number of H-pyrrole nitrogens is 1. The zero-order valence-corrected chi connectivity index (χ0v) is 10.6. The summed E-state index contributed by atoms with van der Waals surface area (Å²) in [6.07, 6.45) is 0. The number of rotatable bonds is 2. The zero-order chi connectivity index (χ0) is 12.4. The van der Waals surface area contributed by atoms with Gasteiger partial charge in [-0.05, 0) is 12.8 Å². The van der Waals surface area contributed by atoms with Gasteiger partial charge in [-0.25, -0.2) is 4.98 Å². The minimum absolute atomic E-state index is 0.0195. The molecular formula is C12H19N3O2. The molecule has 17 heavy (non-hydrogen) atoms. The van der Waals surface area contributed by atoms with Gasteiger partial charge in [0.1, 0.15) is 0 Å². The lowest BCUT2D eigenvalue weighted by Crippen LogP contribution is -2.38. The van der Waals surface area contributed by atoms with E-state index in [0.717, 1.165) is 24.3 Å². The molecular weight excluding hydrogens is 218 g/mol. The van der Waals surface area contributed by atoms with E-state index in [1.54, 1.807) is 0 Å². The van der Waals surface area contributed by atoms with Crippen LogP contribution in [0.3, 0.4) is 0 Å². The van der Waals surface area contributed by atoms with Gasteiger partial charge in [0, 0.05) is 18.7 Å². The van der Waals surface area contributed by atoms with Gasteiger partial charge in [-0.15, -0.1) is 0 Å². The van der Waals surface area contributed by atoms with Crippen molar-refractivity contribution in [2.24, 2.45) is 0 Å². The van der Waals surface area contributed by atoms with Crippen LogP contribution in [0.5, 0.6) is 0 Å². The van der Waals surface area contributed by atoms with Gasteiger partial charge in [0.15, 0.2) is 0 Å². The molecule has 1 N–H and O–H groups in total. The van der Waals surface area contributed by atoms with E-state index in [9.17, 15) is 4.79 Å². The van der Waals surface area contributed by atoms with Crippen LogP contribution in [0.1, 0.15) is 31.0 Å². The average molecular weight is 237 g/mol. The third-order valence-corrected chi connectivity index (χ3v) is 3.02. The highest BCUT2D eigenvalue weighted by Gasteiger charge is 2.17. The molecule has 0 aliphatic carbocycles. The SMILES string of the molecule is Cc1nc(N2CCOCC2)[nH]c(=O)c1C(C)C. The third kappa shape index (κ3) is 2.49. The largest absolute Gasteiger partial charge is 0.378 e. The Kier molecular flexibility index (Phi) is 3.47. The maximum atomic E-state index is 12.0. The number of nitrogens with one attached hydrogen (secondary N) is 1. The summed E-state index contributed by atoms with van der Waals surface area (Å²) in [7, 11) is 0. The predicted molar refractivity (Wildman–Crippen MR) is 66.7 cm³/mol. The summed E-state index contributed by atoms with van der Waals surface area (Å²) in [5.41, 5.74) is 1.58. The topological polar surface area (TPSA) is 58.2 Å². The number of aromatic amines is 1. The second kappa shape index (κ2) is 4.87. The summed E-state index contributed by atoms with van der Waals surface area (Å²) in [6.45, 7) is 8.85. The van der Waals surface area contributed by atoms with E-state index in [2.05, 4.69) is 14.9 Å². The van der Waals surface area contributed by atoms with Gasteiger partial charge in [0.2, 0.25) is 5.95 Å². The van der Waals surface area contributed by atoms with Crippen molar-refractivity contribution in [2.75, 3.05) is 31.2 Å². The second-order valence-electron chi connectivity index (χ2n) is 4.64. The summed E-state index contributed by atoms with van der Waals surface area (Å²) in [4.78, 5) is 21.4. The highest BCUT2D eigenvalue weighted by molar-refractivity contribution is 5.34. The number of ether oxygens (including phenoxy) is 1. The second-order valence-corrected chi connectivity index (χ2v) is 4.64. The van der Waals surface area contributed by atoms with Gasteiger partial charge in [0.25, 0.3) is 5.56 Å². The van der Waals surface area contributed by atoms with Gasteiger partial charge in [0.05, 0.1) is 18.9 Å². The lowest BCUT2D eigenvalue weighted by atomic mass is 10.0. The number of morpholine rings is 1. The molecule has 1 fully saturated rings. The highest BCUT2D eigenvalue weighted by atomic mass is 16.5. The van der Waals surface area contributed by atoms with E-state index >= 15 is 0 Å². The van der Waals surface area contributed by atoms with Crippen LogP contribution >= 0.6 is 0 Å². The van der Waals surface area contributed by atoms with Gasteiger partial charge in [-0.2, -0.15) is 0 Å². The van der Waals surface area contributed by atoms with Crippen molar-refractivity contribution in [1.29, 1.82) is 0 Å². The molecule has 0 atom stereocenters. The van der Waals surface area contributed by atoms with Gasteiger partial charge in [-0.3, -0.25) is 9.78 Å². The van der Waals surface area contributed by atoms with Crippen molar-refractivity contribution in [3.05, 3.63) is 21.6 Å². The molecule has 2 rings (SSSR count). The number of nitrogens with zero attached hydrogens (tertiary/aromatic N) is 2. The summed E-state index contributed by atoms with van der Waals surface area (Å²) in [5.74, 6) is 0.866. The average Bonchev–Trinajstić information content (AvgIpc) is 2.28. The number of hydrogen-bond acceptors (Lipinski definition) is 4. The van der Waals surface area contributed by atoms with Crippen molar-refractivity contribution in [3.8, 4) is 0 Å². The Morgan fingerprint density at radius 1 is 1.35 bits per heavy atom. The van der Waals surface area contributed by atoms with E-state index in [-0.39, 0.29) is 11.5 Å². The van der Waals surface area contributed by atoms with Crippen molar-refractivity contribution in [1.82, 2.24) is 9.97 Å². The van der Waals surface area contributed by atoms with Crippen LogP contribution in [-0.4, -0.2) is 36.3 Å². The molecule has 0 bridgehead atoms. The Morgan fingerprint density at radius 2 is 2.00 bits per heavy atom. The molecule has 5 nitrogen and oxygen atoms in total. The Labute approximate surface area is 101 Å². The first-order valence-corrected chi connectivity index (χ1v) is 6.03. The number of aromatic nitrogens is 2. The van der Waals surface area contributed by atoms with Crippen LogP contribution in [0.2, 0.25) is 0 Å². The predicted octanol–water partition coefficient (Wildman–Crippen LogP) is 1.04. The Hall–Kier alpha value is -1.36. The lowest BCUT2D eigenvalue weighted by Gasteiger charge is -2.27. The minimum Gasteiger partial charge on any atom is -0.378 e. The van der Waals surface area contributed by atoms with Crippen LogP contribution in [0.15, 0.2) is 4.79 Å². The number of aryl methyl sites for hydroxylation is 1. The summed E-state index contributed by atoms with van der Waals surface area (Å²) >= 11 is 0. The summed E-state index contributed by atoms with van der Waals surface area (Å²) in [6, 6.07) is 0. The van der Waals surface area contributed by atoms with E-state index in [1.807, 2.05) is 20.8 Å². The summed E-state index contributed by atoms with van der Waals surface area (Å²) in [5, 5.41) is 0. The van der Waals surface area contributed by atoms with Gasteiger partial charge < -0.3 is 9.64 Å². The maximum Gasteiger partial charge on any atom is 0.255 e. The molecule has 0 saturated carbocycles. The first-order valence-electron chi connectivity index (χ1n) is 6.03. The smallest absolute Gasteiger partial charge is 0.255 e. The normalized spacial score (nSPS) is 16.6. The molecule has 1 aromatic heterocycles. The molecule has 1 aromatic rings. The fourth-order valence-corrected chi connectivity index (χ4v) is 2.19. The van der Waals surface area contributed by atoms with Crippen LogP contribution in [0.4, 0.5) is 5.95 Å². The van der Waals surface area contributed by atoms with Crippen molar-refractivity contribution < 1.29 is 4.74 Å². The number of hydrogen-bond donors (Lipinski definition) is 1. The van der Waals surface area contributed by atoms with E-state index in [0.29, 0.717) is 19.2 Å². The fraction of sp³-hybridized carbons (Fsp3) is 0.667. The van der Waals surface area contributed by atoms with Gasteiger partial charge in [-0.1, -0.05) is 13.8 Å². The first-order chi connectivity index (χ1) is 8.09. The molecule has 0 spiro atoms. The molecule has 0 aromatic carbocycles. The van der Waals surface area contributed by atoms with Crippen molar-refractivity contribution >= 4 is 5.95 Å². The van der Waals surface area contributed by atoms with E-state index in [1.165, 1.54) is 0 Å². The Morgan fingerprint density at radius 3 is 2.53 bits per heavy atom. The molecule has 2 heterocycles. The van der Waals surface area contributed by atoms with Gasteiger partial charge >= 0.3 is 0 Å². The lowest BCUT2D eigenvalue weighted by molar-refractivity contribution is 0.122. The molecule has 0 unspecified atom stereocenters. The van der Waals surface area contributed by atoms with Crippen molar-refractivity contribution in [2.45, 2.75) is 26.7 Å². The molecule has 1 saturated heterocycles. The minimum atomic E-state index is -0.0195. The van der Waals surface area contributed by atoms with Crippen LogP contribution < -0.4 is 10.5 Å². The maximum absolute atomic E-state index is 12.0. The van der Waals surface area contributed by atoms with E-state index < -0.39 is 0 Å². The first kappa shape index (κ1) is 12.1. The molecule has 5 heteroatoms. The summed E-state index contributed by atoms with van der Waals surface area (Å²) < 4.78 is 5.28. The Balaban J connectivity index is 2.34. The van der Waals surface area contributed by atoms with Crippen LogP contribution in [-0.2, 0) is 4.74 Å². The third-order valence-electron chi connectivity index (χ3n) is 3.02. The van der Waals surface area contributed by atoms with Crippen LogP contribution in [0, 0.1) is 6.92 Å². The molecule has 1 aliphatic heterocycles. The zero-order valence-electron chi connectivity index (χ0n) is 10.6. The van der Waals surface area contributed by atoms with Crippen LogP contribution in [0.25, 0.3) is 0 Å². The fourth-order valence-electron chi connectivity index (χ4n) is 2.19. The molecule has 0 radical (unpaired) electrons.